The average Bonchev–Trinajstić information content (AvgIpc) is 2.67. The van der Waals surface area contributed by atoms with Gasteiger partial charge in [-0.05, 0) is 62.5 Å². The number of sulfonamides is 1. The number of nitrogens with zero attached hydrogens (tertiary/aromatic N) is 4. The number of anilines is 1. The minimum Gasteiger partial charge on any atom is -0.363 e. The molecule has 1 heterocycles. The van der Waals surface area contributed by atoms with E-state index in [9.17, 15) is 23.3 Å². The third-order valence-corrected chi connectivity index (χ3v) is 5.52. The van der Waals surface area contributed by atoms with Crippen molar-refractivity contribution in [3.8, 4) is 0 Å². The van der Waals surface area contributed by atoms with Crippen LogP contribution in [0.1, 0.15) is 27.3 Å². The Balaban J connectivity index is 1.76. The summed E-state index contributed by atoms with van der Waals surface area (Å²) in [6.45, 7) is 4.99. The highest BCUT2D eigenvalue weighted by molar-refractivity contribution is 7.94. The number of aromatic nitrogens is 2. The van der Waals surface area contributed by atoms with E-state index in [4.69, 9.17) is 0 Å². The van der Waals surface area contributed by atoms with Gasteiger partial charge in [0.05, 0.1) is 9.82 Å². The van der Waals surface area contributed by atoms with E-state index in [2.05, 4.69) is 20.0 Å². The van der Waals surface area contributed by atoms with Crippen molar-refractivity contribution in [2.24, 2.45) is 0 Å². The Morgan fingerprint density at radius 1 is 1.00 bits per heavy atom. The summed E-state index contributed by atoms with van der Waals surface area (Å²) in [7, 11) is -4.05. The normalized spacial score (nSPS) is 11.1. The van der Waals surface area contributed by atoms with Crippen LogP contribution in [0.5, 0.6) is 0 Å². The first-order valence-electron chi connectivity index (χ1n) is 9.02. The molecule has 0 unspecified atom stereocenters. The van der Waals surface area contributed by atoms with Crippen LogP contribution in [0.15, 0.2) is 53.4 Å². The number of rotatable bonds is 6. The minimum atomic E-state index is -4.05. The van der Waals surface area contributed by atoms with Crippen molar-refractivity contribution < 1.29 is 18.1 Å². The molecule has 2 aromatic carbocycles. The van der Waals surface area contributed by atoms with Crippen molar-refractivity contribution in [1.82, 2.24) is 9.97 Å². The molecule has 11 heteroatoms. The fourth-order valence-electron chi connectivity index (χ4n) is 2.77. The fourth-order valence-corrected chi connectivity index (χ4v) is 3.65. The molecule has 31 heavy (non-hydrogen) atoms. The molecule has 1 aromatic heterocycles. The van der Waals surface area contributed by atoms with Gasteiger partial charge >= 0.3 is 0 Å². The van der Waals surface area contributed by atoms with Gasteiger partial charge in [-0.3, -0.25) is 19.6 Å². The van der Waals surface area contributed by atoms with E-state index in [1.807, 2.05) is 0 Å². The zero-order valence-corrected chi connectivity index (χ0v) is 17.7. The predicted molar refractivity (Wildman–Crippen MR) is 114 cm³/mol. The van der Waals surface area contributed by atoms with E-state index in [1.54, 1.807) is 26.8 Å². The molecule has 0 saturated carbocycles. The van der Waals surface area contributed by atoms with Crippen LogP contribution in [0.2, 0.25) is 0 Å². The summed E-state index contributed by atoms with van der Waals surface area (Å²) < 4.78 is 28.7. The summed E-state index contributed by atoms with van der Waals surface area (Å²) in [6, 6.07) is 11.2. The Kier molecular flexibility index (Phi) is 5.97. The predicted octanol–water partition coefficient (Wildman–Crippen LogP) is 3.96. The van der Waals surface area contributed by atoms with Gasteiger partial charge in [0, 0.05) is 28.8 Å². The molecule has 0 fully saturated rings. The Bertz CT molecular complexity index is 1250. The van der Waals surface area contributed by atoms with Gasteiger partial charge in [0.25, 0.3) is 11.6 Å². The van der Waals surface area contributed by atoms with Gasteiger partial charge in [0.2, 0.25) is 10.0 Å². The zero-order chi connectivity index (χ0) is 22.8. The molecule has 0 radical (unpaired) electrons. The molecule has 0 saturated heterocycles. The monoisotopic (exact) mass is 440 g/mol. The van der Waals surface area contributed by atoms with Crippen LogP contribution < -0.4 is 5.32 Å². The number of hydrogen-bond donors (Lipinski definition) is 1. The lowest BCUT2D eigenvalue weighted by atomic mass is 10.1. The summed E-state index contributed by atoms with van der Waals surface area (Å²) in [5.41, 5.74) is 1.88. The number of benzene rings is 2. The fraction of sp³-hybridized carbons (Fsp3) is 0.150. The molecule has 1 amide bonds. The molecule has 0 spiro atoms. The third kappa shape index (κ3) is 5.20. The van der Waals surface area contributed by atoms with Crippen LogP contribution in [-0.4, -0.2) is 29.2 Å². The quantitative estimate of drug-likeness (QED) is 0.451. The molecule has 0 atom stereocenters. The molecule has 3 aromatic rings. The van der Waals surface area contributed by atoms with Crippen LogP contribution in [0.25, 0.3) is 4.72 Å². The van der Waals surface area contributed by atoms with E-state index >= 15 is 0 Å². The molecule has 0 aliphatic carbocycles. The van der Waals surface area contributed by atoms with Crippen molar-refractivity contribution in [2.45, 2.75) is 25.7 Å². The lowest BCUT2D eigenvalue weighted by Crippen LogP contribution is -2.12. The Labute approximate surface area is 178 Å². The summed E-state index contributed by atoms with van der Waals surface area (Å²) >= 11 is 0. The van der Waals surface area contributed by atoms with Crippen molar-refractivity contribution in [3.63, 3.8) is 0 Å². The van der Waals surface area contributed by atoms with Crippen LogP contribution in [-0.2, 0) is 10.0 Å². The minimum absolute atomic E-state index is 0.0979. The maximum absolute atomic E-state index is 12.5. The van der Waals surface area contributed by atoms with E-state index < -0.39 is 20.9 Å². The number of carbonyl (C=O) groups is 1. The lowest BCUT2D eigenvalue weighted by Gasteiger charge is -2.15. The Hall–Kier alpha value is -3.86. The van der Waals surface area contributed by atoms with Crippen LogP contribution in [0.3, 0.4) is 0 Å². The van der Waals surface area contributed by atoms with Crippen molar-refractivity contribution in [2.75, 3.05) is 5.32 Å². The molecular weight excluding hydrogens is 422 g/mol. The molecule has 3 rings (SSSR count). The van der Waals surface area contributed by atoms with Gasteiger partial charge in [0.1, 0.15) is 0 Å². The summed E-state index contributed by atoms with van der Waals surface area (Å²) in [5, 5.41) is 13.6. The largest absolute Gasteiger partial charge is 0.363 e. The first-order valence-corrected chi connectivity index (χ1v) is 10.5. The third-order valence-electron chi connectivity index (χ3n) is 4.25. The van der Waals surface area contributed by atoms with Crippen LogP contribution in [0, 0.1) is 30.9 Å². The average molecular weight is 440 g/mol. The summed E-state index contributed by atoms with van der Waals surface area (Å²) in [4.78, 5) is 30.8. The topological polar surface area (TPSA) is 146 Å². The Morgan fingerprint density at radius 2 is 1.61 bits per heavy atom. The zero-order valence-electron chi connectivity index (χ0n) is 16.9. The number of nitro benzene ring substituents is 1. The summed E-state index contributed by atoms with van der Waals surface area (Å²) in [5.74, 6) is -0.720. The van der Waals surface area contributed by atoms with Gasteiger partial charge in [-0.1, -0.05) is 12.1 Å². The van der Waals surface area contributed by atoms with Gasteiger partial charge in [-0.2, -0.15) is 0 Å². The number of hydrogen-bond acceptors (Lipinski definition) is 7. The number of nitrogens with one attached hydrogen (secondary N) is 1. The number of carbonyl (C=O) groups excluding carboxylic acids is 1. The molecule has 0 aliphatic rings. The number of nitro groups is 1. The van der Waals surface area contributed by atoms with E-state index in [-0.39, 0.29) is 22.1 Å². The second-order valence-corrected chi connectivity index (χ2v) is 8.36. The maximum atomic E-state index is 12.5. The highest BCUT2D eigenvalue weighted by Crippen LogP contribution is 2.26. The van der Waals surface area contributed by atoms with Crippen LogP contribution in [0.4, 0.5) is 17.3 Å². The molecule has 1 N–H and O–H groups in total. The van der Waals surface area contributed by atoms with Crippen molar-refractivity contribution >= 4 is 33.3 Å². The number of amides is 1. The van der Waals surface area contributed by atoms with E-state index in [0.717, 1.165) is 0 Å². The Morgan fingerprint density at radius 3 is 2.19 bits per heavy atom. The van der Waals surface area contributed by atoms with Gasteiger partial charge < -0.3 is 15.3 Å². The molecule has 10 nitrogen and oxygen atoms in total. The highest BCUT2D eigenvalue weighted by atomic mass is 32.2. The standard InChI is InChI=1S/C20H19N5O5S/c1-12-4-5-15(11-18(12)25(27)28)19(26)23-16-6-8-17(9-7-16)31(29,30)24-20-21-13(2)10-14(3)22-20/h4-11H,1-3H3,(H2,21,22,23,24,26)/p-1. The second-order valence-electron chi connectivity index (χ2n) is 6.75. The maximum Gasteiger partial charge on any atom is 0.273 e. The SMILES string of the molecule is Cc1cc(C)nc([N-]S(=O)(=O)c2ccc(NC(=O)c3ccc(C)c([N+](=O)[O-])c3)cc2)n1. The van der Waals surface area contributed by atoms with Gasteiger partial charge in [0.15, 0.2) is 0 Å². The smallest absolute Gasteiger partial charge is 0.273 e. The van der Waals surface area contributed by atoms with E-state index in [1.165, 1.54) is 42.5 Å². The van der Waals surface area contributed by atoms with E-state index in [0.29, 0.717) is 22.6 Å². The molecular formula is C20H18N5O5S-. The van der Waals surface area contributed by atoms with Crippen LogP contribution >= 0.6 is 0 Å². The van der Waals surface area contributed by atoms with Gasteiger partial charge in [-0.25, -0.2) is 8.42 Å². The number of aryl methyl sites for hydroxylation is 3. The first-order chi connectivity index (χ1) is 14.5. The first kappa shape index (κ1) is 21.8. The molecule has 0 aliphatic heterocycles. The molecule has 160 valence electrons. The second kappa shape index (κ2) is 8.48. The van der Waals surface area contributed by atoms with Crippen molar-refractivity contribution in [3.05, 3.63) is 85.9 Å². The lowest BCUT2D eigenvalue weighted by molar-refractivity contribution is -0.385. The van der Waals surface area contributed by atoms with Gasteiger partial charge in [-0.15, -0.1) is 0 Å². The highest BCUT2D eigenvalue weighted by Gasteiger charge is 2.16. The molecule has 0 bridgehead atoms. The van der Waals surface area contributed by atoms with Crippen molar-refractivity contribution in [1.29, 1.82) is 0 Å². The summed E-state index contributed by atoms with van der Waals surface area (Å²) in [6.07, 6.45) is 0.